The molecular formula is C21H26ClF2N3O5S. The largest absolute Gasteiger partial charge is 0.483 e. The number of rotatable bonds is 7. The summed E-state index contributed by atoms with van der Waals surface area (Å²) in [6.07, 6.45) is 2.19. The predicted octanol–water partition coefficient (Wildman–Crippen LogP) is 3.73. The van der Waals surface area contributed by atoms with E-state index in [2.05, 4.69) is 9.71 Å². The molecule has 0 amide bonds. The predicted molar refractivity (Wildman–Crippen MR) is 120 cm³/mol. The van der Waals surface area contributed by atoms with Crippen molar-refractivity contribution in [3.8, 4) is 0 Å². The van der Waals surface area contributed by atoms with E-state index in [1.54, 1.807) is 7.11 Å². The molecule has 12 heteroatoms. The number of carboxylic acid groups (broad SMARTS) is 1. The van der Waals surface area contributed by atoms with Crippen LogP contribution in [0.4, 0.5) is 14.6 Å². The van der Waals surface area contributed by atoms with E-state index in [1.807, 2.05) is 19.0 Å². The molecule has 33 heavy (non-hydrogen) atoms. The van der Waals surface area contributed by atoms with Crippen LogP contribution in [0.1, 0.15) is 30.7 Å². The van der Waals surface area contributed by atoms with Crippen molar-refractivity contribution in [1.29, 1.82) is 0 Å². The quantitative estimate of drug-likeness (QED) is 0.436. The third kappa shape index (κ3) is 6.83. The summed E-state index contributed by atoms with van der Waals surface area (Å²) in [5, 5.41) is 7.05. The number of sulfonamides is 1. The minimum absolute atomic E-state index is 0.0542. The van der Waals surface area contributed by atoms with Crippen LogP contribution >= 0.6 is 11.6 Å². The fraction of sp³-hybridized carbons (Fsp3) is 0.429. The maximum Gasteiger partial charge on any atom is 0.290 e. The van der Waals surface area contributed by atoms with Gasteiger partial charge in [-0.15, -0.1) is 0 Å². The van der Waals surface area contributed by atoms with Crippen LogP contribution < -0.4 is 4.72 Å². The number of pyridine rings is 1. The maximum absolute atomic E-state index is 14.8. The molecule has 2 aromatic rings. The van der Waals surface area contributed by atoms with E-state index in [9.17, 15) is 17.2 Å². The number of likely N-dealkylation sites (N-methyl/N-ethyl adjacent to an activating group) is 1. The Kier molecular flexibility index (Phi) is 9.12. The molecule has 1 heterocycles. The van der Waals surface area contributed by atoms with Crippen LogP contribution in [0, 0.1) is 11.8 Å². The molecule has 0 radical (unpaired) electrons. The van der Waals surface area contributed by atoms with Gasteiger partial charge in [0, 0.05) is 18.7 Å². The van der Waals surface area contributed by atoms with Crippen molar-refractivity contribution in [3.63, 3.8) is 0 Å². The number of benzene rings is 1. The zero-order chi connectivity index (χ0) is 24.8. The molecule has 2 atom stereocenters. The lowest BCUT2D eigenvalue weighted by Gasteiger charge is -2.31. The SMILES string of the molecule is COC1(CN(C)C)CCC(c2cc(F)c(S(=O)(=O)Nc3cccc(F)n3)cc2Cl)C1.O=CO. The van der Waals surface area contributed by atoms with E-state index in [-0.39, 0.29) is 28.8 Å². The zero-order valence-electron chi connectivity index (χ0n) is 18.4. The van der Waals surface area contributed by atoms with Crippen LogP contribution in [0.25, 0.3) is 0 Å². The van der Waals surface area contributed by atoms with Crippen LogP contribution in [0.5, 0.6) is 0 Å². The summed E-state index contributed by atoms with van der Waals surface area (Å²) in [5.41, 5.74) is 0.193. The lowest BCUT2D eigenvalue weighted by atomic mass is 9.94. The normalized spacial score (nSPS) is 20.3. The monoisotopic (exact) mass is 505 g/mol. The topological polar surface area (TPSA) is 109 Å². The highest BCUT2D eigenvalue weighted by atomic mass is 35.5. The Morgan fingerprint density at radius 2 is 2.03 bits per heavy atom. The fourth-order valence-electron chi connectivity index (χ4n) is 4.05. The number of aromatic nitrogens is 1. The molecule has 0 aliphatic heterocycles. The Morgan fingerprint density at radius 3 is 2.61 bits per heavy atom. The molecule has 1 aliphatic rings. The average molecular weight is 506 g/mol. The molecule has 1 fully saturated rings. The number of hydrogen-bond acceptors (Lipinski definition) is 6. The van der Waals surface area contributed by atoms with Crippen molar-refractivity contribution in [2.24, 2.45) is 0 Å². The minimum atomic E-state index is -4.34. The number of methoxy groups -OCH3 is 1. The van der Waals surface area contributed by atoms with Gasteiger partial charge in [0.05, 0.1) is 5.60 Å². The first kappa shape index (κ1) is 26.9. The van der Waals surface area contributed by atoms with Crippen molar-refractivity contribution in [3.05, 3.63) is 52.7 Å². The average Bonchev–Trinajstić information content (AvgIpc) is 3.13. The van der Waals surface area contributed by atoms with Gasteiger partial charge in [0.2, 0.25) is 5.95 Å². The molecule has 3 rings (SSSR count). The molecule has 0 bridgehead atoms. The Balaban J connectivity index is 0.00000122. The van der Waals surface area contributed by atoms with Crippen LogP contribution in [-0.2, 0) is 19.6 Å². The van der Waals surface area contributed by atoms with E-state index >= 15 is 0 Å². The first-order valence-electron chi connectivity index (χ1n) is 9.89. The lowest BCUT2D eigenvalue weighted by Crippen LogP contribution is -2.39. The second kappa shape index (κ2) is 11.2. The molecule has 0 spiro atoms. The molecule has 8 nitrogen and oxygen atoms in total. The Labute approximate surface area is 196 Å². The first-order valence-corrected chi connectivity index (χ1v) is 11.7. The van der Waals surface area contributed by atoms with E-state index in [4.69, 9.17) is 26.2 Å². The van der Waals surface area contributed by atoms with E-state index in [0.29, 0.717) is 12.0 Å². The van der Waals surface area contributed by atoms with Crippen LogP contribution in [0.2, 0.25) is 5.02 Å². The van der Waals surface area contributed by atoms with E-state index in [1.165, 1.54) is 18.2 Å². The number of nitrogens with one attached hydrogen (secondary N) is 1. The standard InChI is InChI=1S/C20H24ClF2N3O3S.CH2O2/c1-26(2)12-20(29-3)8-7-13(11-20)14-9-16(22)17(10-15(14)21)30(27,28)25-19-6-4-5-18(23)24-19;2-1-3/h4-6,9-10,13H,7-8,11-12H2,1-3H3,(H,24,25);1H,(H,2,3). The van der Waals surface area contributed by atoms with Crippen molar-refractivity contribution < 1.29 is 31.8 Å². The molecule has 2 N–H and O–H groups in total. The van der Waals surface area contributed by atoms with Gasteiger partial charge >= 0.3 is 0 Å². The number of carbonyl (C=O) groups is 1. The second-order valence-corrected chi connectivity index (χ2v) is 9.98. The number of anilines is 1. The summed E-state index contributed by atoms with van der Waals surface area (Å²) in [5.74, 6) is -2.09. The molecule has 1 aromatic carbocycles. The summed E-state index contributed by atoms with van der Waals surface area (Å²) < 4.78 is 61.1. The van der Waals surface area contributed by atoms with Gasteiger partial charge in [0.1, 0.15) is 16.5 Å². The third-order valence-electron chi connectivity index (χ3n) is 5.34. The molecular weight excluding hydrogens is 480 g/mol. The smallest absolute Gasteiger partial charge is 0.290 e. The Morgan fingerprint density at radius 1 is 1.36 bits per heavy atom. The van der Waals surface area contributed by atoms with Crippen molar-refractivity contribution in [1.82, 2.24) is 9.88 Å². The minimum Gasteiger partial charge on any atom is -0.483 e. The summed E-state index contributed by atoms with van der Waals surface area (Å²) in [6, 6.07) is 5.89. The van der Waals surface area contributed by atoms with E-state index < -0.39 is 26.7 Å². The maximum atomic E-state index is 14.8. The van der Waals surface area contributed by atoms with Crippen LogP contribution in [0.15, 0.2) is 35.2 Å². The van der Waals surface area contributed by atoms with Gasteiger partial charge in [-0.3, -0.25) is 9.52 Å². The van der Waals surface area contributed by atoms with Crippen molar-refractivity contribution in [2.45, 2.75) is 35.7 Å². The van der Waals surface area contributed by atoms with Gasteiger partial charge in [0.25, 0.3) is 16.5 Å². The lowest BCUT2D eigenvalue weighted by molar-refractivity contribution is -0.122. The summed E-state index contributed by atoms with van der Waals surface area (Å²) in [6.45, 7) is 0.469. The highest BCUT2D eigenvalue weighted by molar-refractivity contribution is 7.92. The highest BCUT2D eigenvalue weighted by Crippen LogP contribution is 2.45. The number of hydrogen-bond donors (Lipinski definition) is 2. The molecule has 1 aromatic heterocycles. The molecule has 1 saturated carbocycles. The molecule has 2 unspecified atom stereocenters. The summed E-state index contributed by atoms with van der Waals surface area (Å²) in [7, 11) is 1.24. The second-order valence-electron chi connectivity index (χ2n) is 7.93. The highest BCUT2D eigenvalue weighted by Gasteiger charge is 2.41. The van der Waals surface area contributed by atoms with Crippen LogP contribution in [0.3, 0.4) is 0 Å². The van der Waals surface area contributed by atoms with Gasteiger partial charge < -0.3 is 14.7 Å². The Bertz CT molecular complexity index is 1090. The number of ether oxygens (including phenoxy) is 1. The van der Waals surface area contributed by atoms with Gasteiger partial charge in [-0.1, -0.05) is 17.7 Å². The van der Waals surface area contributed by atoms with E-state index in [0.717, 1.165) is 31.5 Å². The zero-order valence-corrected chi connectivity index (χ0v) is 20.0. The Hall–Kier alpha value is -2.34. The van der Waals surface area contributed by atoms with Crippen LogP contribution in [-0.4, -0.2) is 63.2 Å². The third-order valence-corrected chi connectivity index (χ3v) is 7.04. The van der Waals surface area contributed by atoms with Crippen molar-refractivity contribution in [2.75, 3.05) is 32.5 Å². The van der Waals surface area contributed by atoms with Gasteiger partial charge in [0.15, 0.2) is 0 Å². The summed E-state index contributed by atoms with van der Waals surface area (Å²) >= 11 is 6.37. The first-order chi connectivity index (χ1) is 15.5. The number of nitrogens with zero attached hydrogens (tertiary/aromatic N) is 2. The fourth-order valence-corrected chi connectivity index (χ4v) is 5.52. The van der Waals surface area contributed by atoms with Crippen molar-refractivity contribution >= 4 is 33.9 Å². The van der Waals surface area contributed by atoms with Gasteiger partial charge in [-0.25, -0.2) is 17.8 Å². The molecule has 1 aliphatic carbocycles. The van der Waals surface area contributed by atoms with Gasteiger partial charge in [-0.2, -0.15) is 4.39 Å². The summed E-state index contributed by atoms with van der Waals surface area (Å²) in [4.78, 5) is 13.2. The molecule has 182 valence electrons. The molecule has 0 saturated heterocycles. The van der Waals surface area contributed by atoms with Gasteiger partial charge in [-0.05, 0) is 69.1 Å². The number of halogens is 3.